The Morgan fingerprint density at radius 2 is 1.13 bits per heavy atom. The topological polar surface area (TPSA) is 107 Å². The summed E-state index contributed by atoms with van der Waals surface area (Å²) in [6, 6.07) is 30.0. The summed E-state index contributed by atoms with van der Waals surface area (Å²) in [4.78, 5) is 66.7. The molecule has 8 rings (SSSR count). The molecule has 0 spiro atoms. The molecule has 4 aliphatic rings. The highest BCUT2D eigenvalue weighted by atomic mass is 79.9. The largest absolute Gasteiger partial charge is 0.457 e. The van der Waals surface area contributed by atoms with E-state index in [0.29, 0.717) is 5.56 Å². The molecule has 10 heteroatoms. The molecule has 0 radical (unpaired) electrons. The Morgan fingerprint density at radius 3 is 1.63 bits per heavy atom. The van der Waals surface area contributed by atoms with Crippen molar-refractivity contribution in [2.24, 2.45) is 11.8 Å². The normalized spacial score (nSPS) is 23.7. The summed E-state index contributed by atoms with van der Waals surface area (Å²) < 4.78 is 8.72. The number of hydrogen-bond acceptors (Lipinski definition) is 7. The highest BCUT2D eigenvalue weighted by molar-refractivity contribution is 9.10. The zero-order valence-corrected chi connectivity index (χ0v) is 27.3. The first kappa shape index (κ1) is 30.3. The Kier molecular flexibility index (Phi) is 7.52. The van der Waals surface area contributed by atoms with Crippen LogP contribution in [0.3, 0.4) is 0 Å². The molecule has 4 aromatic carbocycles. The lowest BCUT2D eigenvalue weighted by Gasteiger charge is -2.55. The van der Waals surface area contributed by atoms with Gasteiger partial charge in [0, 0.05) is 12.1 Å². The number of likely N-dealkylation sites (tertiary alicyclic amines) is 1. The van der Waals surface area contributed by atoms with Gasteiger partial charge in [0.25, 0.3) is 0 Å². The van der Waals surface area contributed by atoms with Gasteiger partial charge in [0.2, 0.25) is 11.8 Å². The molecule has 0 N–H and O–H groups in total. The number of benzene rings is 4. The van der Waals surface area contributed by atoms with Crippen LogP contribution in [0.1, 0.15) is 49.4 Å². The summed E-state index contributed by atoms with van der Waals surface area (Å²) in [7, 11) is 0. The highest BCUT2D eigenvalue weighted by Gasteiger charge is 2.72. The lowest BCUT2D eigenvalue weighted by molar-refractivity contribution is -0.145. The first-order valence-corrected chi connectivity index (χ1v) is 16.2. The summed E-state index contributed by atoms with van der Waals surface area (Å²) in [5.74, 6) is -3.61. The van der Waals surface area contributed by atoms with Crippen molar-refractivity contribution in [3.05, 3.63) is 137 Å². The van der Waals surface area contributed by atoms with Gasteiger partial charge in [-0.05, 0) is 58.7 Å². The third-order valence-corrected chi connectivity index (χ3v) is 11.7. The molecule has 3 aliphatic carbocycles. The number of ketones is 1. The number of hydrogen-bond donors (Lipinski definition) is 0. The minimum Gasteiger partial charge on any atom is -0.457 e. The maximum absolute atomic E-state index is 14.0. The lowest BCUT2D eigenvalue weighted by Crippen LogP contribution is -2.56. The lowest BCUT2D eigenvalue weighted by atomic mass is 9.54. The number of carbonyl (C=O) groups excluding carboxylic acids is 5. The summed E-state index contributed by atoms with van der Waals surface area (Å²) in [6.45, 7) is -0.688. The molecular weight excluding hydrogens is 718 g/mol. The van der Waals surface area contributed by atoms with Crippen LogP contribution in [0.2, 0.25) is 0 Å². The minimum absolute atomic E-state index is 0.169. The van der Waals surface area contributed by atoms with Crippen molar-refractivity contribution in [1.82, 2.24) is 4.90 Å². The number of ether oxygens (including phenoxy) is 2. The summed E-state index contributed by atoms with van der Waals surface area (Å²) in [5, 5.41) is 0. The quantitative estimate of drug-likeness (QED) is 0.0725. The van der Waals surface area contributed by atoms with E-state index in [9.17, 15) is 24.0 Å². The Hall–Kier alpha value is -4.41. The van der Waals surface area contributed by atoms with E-state index >= 15 is 0 Å². The van der Waals surface area contributed by atoms with Crippen LogP contribution in [0.5, 0.6) is 5.75 Å². The zero-order valence-electron chi connectivity index (χ0n) is 24.2. The molecule has 46 heavy (non-hydrogen) atoms. The van der Waals surface area contributed by atoms with Gasteiger partial charge in [-0.2, -0.15) is 0 Å². The van der Waals surface area contributed by atoms with Gasteiger partial charge in [0.15, 0.2) is 12.4 Å². The summed E-state index contributed by atoms with van der Waals surface area (Å²) in [5.41, 5.74) is 4.36. The third kappa shape index (κ3) is 4.57. The van der Waals surface area contributed by atoms with Crippen molar-refractivity contribution in [3.63, 3.8) is 0 Å². The van der Waals surface area contributed by atoms with E-state index in [2.05, 4.69) is 31.9 Å². The molecule has 1 fully saturated rings. The van der Waals surface area contributed by atoms with Crippen LogP contribution >= 0.6 is 31.9 Å². The maximum Gasteiger partial charge on any atom is 0.343 e. The molecule has 0 saturated carbocycles. The molecule has 2 amide bonds. The van der Waals surface area contributed by atoms with E-state index in [4.69, 9.17) is 9.47 Å². The highest BCUT2D eigenvalue weighted by Crippen LogP contribution is 2.70. The van der Waals surface area contributed by atoms with Gasteiger partial charge in [0.1, 0.15) is 5.75 Å². The molecule has 1 heterocycles. The number of alkyl halides is 2. The number of Topliss-reactive ketones (excluding diaryl/α,β-unsaturated/α-hetero) is 1. The molecule has 230 valence electrons. The van der Waals surface area contributed by atoms with Crippen molar-refractivity contribution in [2.75, 3.05) is 13.2 Å². The SMILES string of the molecule is O=C(CCN1C(=O)C2C(C1=O)C1(Br)c3ccccc3C2(Br)c2ccccc21)OCC(=O)c1ccc(OC(=O)c2ccccc2)cc1. The van der Waals surface area contributed by atoms with Crippen molar-refractivity contribution >= 4 is 61.4 Å². The Morgan fingerprint density at radius 1 is 0.652 bits per heavy atom. The number of halogens is 2. The van der Waals surface area contributed by atoms with Gasteiger partial charge in [-0.25, -0.2) is 4.79 Å². The van der Waals surface area contributed by atoms with Gasteiger partial charge in [-0.15, -0.1) is 0 Å². The fraction of sp³-hybridized carbons (Fsp3) is 0.194. The van der Waals surface area contributed by atoms with Crippen LogP contribution in [0.25, 0.3) is 0 Å². The molecule has 0 aromatic heterocycles. The van der Waals surface area contributed by atoms with Crippen LogP contribution in [0.4, 0.5) is 0 Å². The predicted octanol–water partition coefficient (Wildman–Crippen LogP) is 5.93. The molecule has 2 atom stereocenters. The average molecular weight is 743 g/mol. The predicted molar refractivity (Wildman–Crippen MR) is 174 cm³/mol. The molecule has 2 unspecified atom stereocenters. The molecule has 1 aliphatic heterocycles. The van der Waals surface area contributed by atoms with Crippen LogP contribution in [-0.2, 0) is 27.8 Å². The average Bonchev–Trinajstić information content (AvgIpc) is 3.35. The number of rotatable bonds is 8. The van der Waals surface area contributed by atoms with Crippen molar-refractivity contribution < 1.29 is 33.4 Å². The number of esters is 2. The molecule has 8 nitrogen and oxygen atoms in total. The Bertz CT molecular complexity index is 1800. The van der Waals surface area contributed by atoms with Gasteiger partial charge in [-0.3, -0.25) is 24.1 Å². The Balaban J connectivity index is 1.000. The standard InChI is InChI=1S/C36H25Br2NO7/c37-35-24-10-4-5-11-25(24)36(38,27-13-7-6-12-26(27)35)31-30(35)32(42)39(33(31)43)19-18-29(41)45-20-28(40)21-14-16-23(17-15-21)46-34(44)22-8-2-1-3-9-22/h1-17,30-31H,18-20H2. The molecule has 1 saturated heterocycles. The fourth-order valence-electron chi connectivity index (χ4n) is 6.90. The number of carbonyl (C=O) groups is 5. The van der Waals surface area contributed by atoms with Gasteiger partial charge < -0.3 is 9.47 Å². The third-order valence-electron chi connectivity index (χ3n) is 8.98. The second-order valence-corrected chi connectivity index (χ2v) is 13.9. The van der Waals surface area contributed by atoms with Gasteiger partial charge in [0.05, 0.1) is 32.5 Å². The van der Waals surface area contributed by atoms with E-state index in [0.717, 1.165) is 27.2 Å². The van der Waals surface area contributed by atoms with E-state index in [1.54, 1.807) is 30.3 Å². The summed E-state index contributed by atoms with van der Waals surface area (Å²) >= 11 is 7.90. The van der Waals surface area contributed by atoms with E-state index in [1.807, 2.05) is 48.5 Å². The maximum atomic E-state index is 14.0. The van der Waals surface area contributed by atoms with Crippen LogP contribution in [-0.4, -0.2) is 47.6 Å². The number of imide groups is 1. The second-order valence-electron chi connectivity index (χ2n) is 11.4. The van der Waals surface area contributed by atoms with Gasteiger partial charge >= 0.3 is 11.9 Å². The van der Waals surface area contributed by atoms with Crippen LogP contribution in [0.15, 0.2) is 103 Å². The van der Waals surface area contributed by atoms with Crippen molar-refractivity contribution in [1.29, 1.82) is 0 Å². The number of amides is 2. The molecular formula is C36H25Br2NO7. The van der Waals surface area contributed by atoms with Crippen molar-refractivity contribution in [2.45, 2.75) is 15.1 Å². The first-order valence-electron chi connectivity index (χ1n) is 14.6. The monoisotopic (exact) mass is 741 g/mol. The van der Waals surface area contributed by atoms with Gasteiger partial charge in [-0.1, -0.05) is 98.6 Å². The zero-order chi connectivity index (χ0) is 32.2. The van der Waals surface area contributed by atoms with E-state index < -0.39 is 44.8 Å². The summed E-state index contributed by atoms with van der Waals surface area (Å²) in [6.07, 6.45) is -0.261. The Labute approximate surface area is 280 Å². The minimum atomic E-state index is -0.912. The second kappa shape index (κ2) is 11.4. The van der Waals surface area contributed by atoms with Crippen LogP contribution < -0.4 is 4.74 Å². The first-order chi connectivity index (χ1) is 22.2. The number of nitrogens with zero attached hydrogens (tertiary/aromatic N) is 1. The molecule has 4 aromatic rings. The smallest absolute Gasteiger partial charge is 0.343 e. The van der Waals surface area contributed by atoms with E-state index in [1.165, 1.54) is 24.3 Å². The molecule has 2 bridgehead atoms. The fourth-order valence-corrected chi connectivity index (χ4v) is 9.20. The van der Waals surface area contributed by atoms with E-state index in [-0.39, 0.29) is 36.1 Å². The van der Waals surface area contributed by atoms with Crippen molar-refractivity contribution in [3.8, 4) is 5.75 Å². The van der Waals surface area contributed by atoms with Crippen LogP contribution in [0, 0.1) is 11.8 Å².